The van der Waals surface area contributed by atoms with Gasteiger partial charge in [0.15, 0.2) is 0 Å². The number of anilines is 1. The normalized spacial score (nSPS) is 14.6. The van der Waals surface area contributed by atoms with Crippen LogP contribution in [0.3, 0.4) is 0 Å². The fraction of sp³-hybridized carbons (Fsp3) is 0.176. The van der Waals surface area contributed by atoms with Crippen LogP contribution in [-0.4, -0.2) is 54.5 Å². The summed E-state index contributed by atoms with van der Waals surface area (Å²) < 4.78 is 37.4. The molecule has 1 aliphatic rings. The highest BCUT2D eigenvalue weighted by molar-refractivity contribution is 8.00. The van der Waals surface area contributed by atoms with Crippen molar-refractivity contribution in [1.82, 2.24) is 30.5 Å². The van der Waals surface area contributed by atoms with Gasteiger partial charge in [-0.2, -0.15) is 18.4 Å². The number of alkyl halides is 3. The highest BCUT2D eigenvalue weighted by Gasteiger charge is 2.37. The number of rotatable bonds is 5. The number of carbonyl (C=O) groups is 2. The zero-order chi connectivity index (χ0) is 21.3. The zero-order valence-corrected chi connectivity index (χ0v) is 15.8. The third kappa shape index (κ3) is 4.25. The predicted molar refractivity (Wildman–Crippen MR) is 99.1 cm³/mol. The highest BCUT2D eigenvalue weighted by atomic mass is 32.2. The quantitative estimate of drug-likeness (QED) is 0.485. The summed E-state index contributed by atoms with van der Waals surface area (Å²) in [7, 11) is 0. The number of aromatic amines is 1. The lowest BCUT2D eigenvalue weighted by Crippen LogP contribution is -2.32. The van der Waals surface area contributed by atoms with Crippen LogP contribution >= 0.6 is 11.8 Å². The monoisotopic (exact) mass is 435 g/mol. The van der Waals surface area contributed by atoms with E-state index in [4.69, 9.17) is 0 Å². The van der Waals surface area contributed by atoms with Gasteiger partial charge in [0.1, 0.15) is 12.2 Å². The fourth-order valence-electron chi connectivity index (χ4n) is 2.91. The molecular formula is C17H12F3N7O2S. The van der Waals surface area contributed by atoms with E-state index in [1.54, 1.807) is 12.1 Å². The molecule has 1 saturated heterocycles. The van der Waals surface area contributed by atoms with Gasteiger partial charge < -0.3 is 4.90 Å². The van der Waals surface area contributed by atoms with Crippen molar-refractivity contribution in [2.75, 3.05) is 11.4 Å². The topological polar surface area (TPSA) is 108 Å². The predicted octanol–water partition coefficient (Wildman–Crippen LogP) is 2.84. The molecule has 0 unspecified atom stereocenters. The van der Waals surface area contributed by atoms with Gasteiger partial charge in [-0.25, -0.2) is 9.69 Å². The lowest BCUT2D eigenvalue weighted by Gasteiger charge is -2.17. The smallest absolute Gasteiger partial charge is 0.310 e. The minimum atomic E-state index is -4.41. The van der Waals surface area contributed by atoms with Crippen molar-refractivity contribution < 1.29 is 22.8 Å². The van der Waals surface area contributed by atoms with Crippen LogP contribution in [0.25, 0.3) is 11.5 Å². The number of nitrogens with one attached hydrogen (secondary N) is 1. The Kier molecular flexibility index (Phi) is 5.11. The van der Waals surface area contributed by atoms with Crippen molar-refractivity contribution >= 4 is 29.4 Å². The Morgan fingerprint density at radius 1 is 1.13 bits per heavy atom. The third-order valence-electron chi connectivity index (χ3n) is 4.14. The van der Waals surface area contributed by atoms with Crippen molar-refractivity contribution in [3.63, 3.8) is 0 Å². The molecule has 4 rings (SSSR count). The molecule has 0 aliphatic carbocycles. The van der Waals surface area contributed by atoms with Gasteiger partial charge in [-0.3, -0.25) is 9.78 Å². The Bertz CT molecular complexity index is 1070. The zero-order valence-electron chi connectivity index (χ0n) is 15.0. The minimum absolute atomic E-state index is 0.0343. The summed E-state index contributed by atoms with van der Waals surface area (Å²) >= 11 is -0.266. The number of benzene rings is 1. The maximum atomic E-state index is 12.7. The van der Waals surface area contributed by atoms with Gasteiger partial charge in [0.05, 0.1) is 5.69 Å². The van der Waals surface area contributed by atoms with Crippen LogP contribution in [0, 0.1) is 0 Å². The average Bonchev–Trinajstić information content (AvgIpc) is 3.31. The minimum Gasteiger partial charge on any atom is -0.310 e. The maximum absolute atomic E-state index is 12.7. The van der Waals surface area contributed by atoms with E-state index in [9.17, 15) is 22.8 Å². The van der Waals surface area contributed by atoms with E-state index in [0.717, 1.165) is 4.90 Å². The Balaban J connectivity index is 1.49. The summed E-state index contributed by atoms with van der Waals surface area (Å²) in [6, 6.07) is 7.87. The Morgan fingerprint density at radius 3 is 2.57 bits per heavy atom. The molecule has 9 nitrogen and oxygen atoms in total. The summed E-state index contributed by atoms with van der Waals surface area (Å²) in [4.78, 5) is 31.5. The molecule has 1 aliphatic heterocycles. The SMILES string of the molecule is O=C1CN(Cc2ccnc(-c3nn[nH]n3)c2)C(=O)N1c1ccc(SC(F)(F)F)cc1. The highest BCUT2D eigenvalue weighted by Crippen LogP contribution is 2.37. The van der Waals surface area contributed by atoms with Crippen LogP contribution in [0.4, 0.5) is 23.7 Å². The van der Waals surface area contributed by atoms with Crippen LogP contribution in [0.5, 0.6) is 0 Å². The number of hydrogen-bond donors (Lipinski definition) is 1. The van der Waals surface area contributed by atoms with Crippen molar-refractivity contribution in [1.29, 1.82) is 0 Å². The molecule has 0 radical (unpaired) electrons. The molecule has 3 aromatic rings. The molecular weight excluding hydrogens is 423 g/mol. The molecule has 3 heterocycles. The molecule has 30 heavy (non-hydrogen) atoms. The molecule has 0 saturated carbocycles. The number of carbonyl (C=O) groups excluding carboxylic acids is 2. The van der Waals surface area contributed by atoms with Gasteiger partial charge in [-0.15, -0.1) is 10.2 Å². The molecule has 3 amide bonds. The first-order valence-corrected chi connectivity index (χ1v) is 9.28. The van der Waals surface area contributed by atoms with Crippen LogP contribution < -0.4 is 4.90 Å². The number of nitrogens with zero attached hydrogens (tertiary/aromatic N) is 6. The summed E-state index contributed by atoms with van der Waals surface area (Å²) in [6.45, 7) is -0.0196. The van der Waals surface area contributed by atoms with Crippen molar-refractivity contribution in [2.45, 2.75) is 16.9 Å². The van der Waals surface area contributed by atoms with E-state index in [1.807, 2.05) is 0 Å². The maximum Gasteiger partial charge on any atom is 0.446 e. The lowest BCUT2D eigenvalue weighted by molar-refractivity contribution is -0.116. The largest absolute Gasteiger partial charge is 0.446 e. The lowest BCUT2D eigenvalue weighted by atomic mass is 10.2. The number of thioether (sulfide) groups is 1. The standard InChI is InChI=1S/C17H12F3N7O2S/c18-17(19,20)30-12-3-1-11(2-4-12)27-14(28)9-26(16(27)29)8-10-5-6-21-13(7-10)15-22-24-25-23-15/h1-7H,8-9H2,(H,22,23,24,25). The van der Waals surface area contributed by atoms with Crippen LogP contribution in [0.15, 0.2) is 47.5 Å². The second kappa shape index (κ2) is 7.74. The van der Waals surface area contributed by atoms with Gasteiger partial charge in [-0.05, 0) is 58.9 Å². The van der Waals surface area contributed by atoms with Crippen LogP contribution in [0.1, 0.15) is 5.56 Å². The van der Waals surface area contributed by atoms with Crippen molar-refractivity contribution in [2.24, 2.45) is 0 Å². The molecule has 0 spiro atoms. The molecule has 154 valence electrons. The van der Waals surface area contributed by atoms with Crippen LogP contribution in [0.2, 0.25) is 0 Å². The number of aromatic nitrogens is 5. The van der Waals surface area contributed by atoms with Crippen molar-refractivity contribution in [3.05, 3.63) is 48.2 Å². The fourth-order valence-corrected chi connectivity index (χ4v) is 3.45. The van der Waals surface area contributed by atoms with Gasteiger partial charge >= 0.3 is 11.5 Å². The van der Waals surface area contributed by atoms with Crippen molar-refractivity contribution in [3.8, 4) is 11.5 Å². The second-order valence-electron chi connectivity index (χ2n) is 6.19. The number of pyridine rings is 1. The Hall–Kier alpha value is -3.48. The second-order valence-corrected chi connectivity index (χ2v) is 7.33. The summed E-state index contributed by atoms with van der Waals surface area (Å²) in [5.74, 6) is -0.178. The van der Waals surface area contributed by atoms with Gasteiger partial charge in [0, 0.05) is 17.6 Å². The van der Waals surface area contributed by atoms with Crippen LogP contribution in [-0.2, 0) is 11.3 Å². The number of imide groups is 1. The van der Waals surface area contributed by atoms with E-state index in [1.165, 1.54) is 35.4 Å². The first-order chi connectivity index (χ1) is 14.3. The van der Waals surface area contributed by atoms with E-state index >= 15 is 0 Å². The van der Waals surface area contributed by atoms with E-state index in [2.05, 4.69) is 25.6 Å². The van der Waals surface area contributed by atoms with Gasteiger partial charge in [0.25, 0.3) is 5.91 Å². The molecule has 2 aromatic heterocycles. The Labute approximate surface area is 171 Å². The first-order valence-electron chi connectivity index (χ1n) is 8.46. The molecule has 1 fully saturated rings. The number of halogens is 3. The molecule has 1 aromatic carbocycles. The number of H-pyrrole nitrogens is 1. The molecule has 0 atom stereocenters. The molecule has 1 N–H and O–H groups in total. The molecule has 13 heteroatoms. The van der Waals surface area contributed by atoms with E-state index in [-0.39, 0.29) is 35.4 Å². The number of tetrazole rings is 1. The van der Waals surface area contributed by atoms with Gasteiger partial charge in [-0.1, -0.05) is 0 Å². The summed E-state index contributed by atoms with van der Waals surface area (Å²) in [5.41, 5.74) is -3.05. The first kappa shape index (κ1) is 19.8. The van der Waals surface area contributed by atoms with E-state index < -0.39 is 17.4 Å². The Morgan fingerprint density at radius 2 is 1.90 bits per heavy atom. The number of hydrogen-bond acceptors (Lipinski definition) is 7. The summed E-state index contributed by atoms with van der Waals surface area (Å²) in [6.07, 6.45) is 1.53. The molecule has 0 bridgehead atoms. The number of urea groups is 1. The third-order valence-corrected chi connectivity index (χ3v) is 4.88. The van der Waals surface area contributed by atoms with Gasteiger partial charge in [0.2, 0.25) is 5.82 Å². The summed E-state index contributed by atoms with van der Waals surface area (Å²) in [5, 5.41) is 13.5. The van der Waals surface area contributed by atoms with E-state index in [0.29, 0.717) is 17.1 Å². The number of amides is 3. The average molecular weight is 435 g/mol.